The molecule has 3 amide bonds. The Morgan fingerprint density at radius 2 is 0.517 bits per heavy atom. The van der Waals surface area contributed by atoms with Crippen molar-refractivity contribution < 1.29 is 59.7 Å². The van der Waals surface area contributed by atoms with Crippen LogP contribution in [-0.4, -0.2) is 101 Å². The maximum absolute atomic E-state index is 11.5. The third kappa shape index (κ3) is 36.5. The number of carbonyl (C=O) groups excluding carboxylic acids is 3. The third-order valence-corrected chi connectivity index (χ3v) is 11.3. The van der Waals surface area contributed by atoms with Crippen molar-refractivity contribution in [2.75, 3.05) is 19.6 Å². The molecule has 0 bridgehead atoms. The van der Waals surface area contributed by atoms with E-state index in [1.807, 2.05) is 0 Å². The van der Waals surface area contributed by atoms with Crippen molar-refractivity contribution in [2.24, 2.45) is 17.8 Å². The Kier molecular flexibility index (Phi) is 32.2. The summed E-state index contributed by atoms with van der Waals surface area (Å²) in [6.07, 6.45) is 33.3. The highest BCUT2D eigenvalue weighted by Gasteiger charge is 2.21. The predicted octanol–water partition coefficient (Wildman–Crippen LogP) is 9.63. The molecule has 0 heterocycles. The second kappa shape index (κ2) is 35.3. The van der Waals surface area contributed by atoms with Crippen LogP contribution in [-0.2, 0) is 28.8 Å². The zero-order valence-corrected chi connectivity index (χ0v) is 36.7. The molecule has 3 fully saturated rings. The van der Waals surface area contributed by atoms with E-state index in [4.69, 9.17) is 15.3 Å². The van der Waals surface area contributed by atoms with Crippen molar-refractivity contribution >= 4 is 35.6 Å². The number of carboxylic acid groups (broad SMARTS) is 3. The van der Waals surface area contributed by atoms with Gasteiger partial charge in [-0.15, -0.1) is 0 Å². The van der Waals surface area contributed by atoms with Crippen molar-refractivity contribution in [3.8, 4) is 0 Å². The van der Waals surface area contributed by atoms with Crippen molar-refractivity contribution in [1.29, 1.82) is 0 Å². The summed E-state index contributed by atoms with van der Waals surface area (Å²) in [7, 11) is 0. The maximum Gasteiger partial charge on any atom is 0.305 e. The molecular weight excluding hydrogens is 775 g/mol. The van der Waals surface area contributed by atoms with Crippen LogP contribution in [0.1, 0.15) is 212 Å². The summed E-state index contributed by atoms with van der Waals surface area (Å²) >= 11 is 0. The van der Waals surface area contributed by atoms with E-state index in [0.29, 0.717) is 34.5 Å². The number of unbranched alkanes of at least 4 members (excludes halogenated alkanes) is 15. The Hall–Kier alpha value is -3.30. The largest absolute Gasteiger partial charge is 0.481 e. The molecule has 3 saturated carbocycles. The lowest BCUT2D eigenvalue weighted by molar-refractivity contribution is -0.168. The second-order valence-electron chi connectivity index (χ2n) is 17.3. The van der Waals surface area contributed by atoms with Gasteiger partial charge in [-0.1, -0.05) is 154 Å². The van der Waals surface area contributed by atoms with Crippen molar-refractivity contribution in [3.63, 3.8) is 0 Å². The number of carboxylic acids is 3. The number of aliphatic carboxylic acids is 3. The highest BCUT2D eigenvalue weighted by atomic mass is 16.5. The van der Waals surface area contributed by atoms with Gasteiger partial charge in [-0.2, -0.15) is 0 Å². The maximum atomic E-state index is 11.5. The summed E-state index contributed by atoms with van der Waals surface area (Å²) in [4.78, 5) is 65.3. The van der Waals surface area contributed by atoms with Crippen molar-refractivity contribution in [2.45, 2.75) is 212 Å². The van der Waals surface area contributed by atoms with E-state index in [9.17, 15) is 44.4 Å². The average Bonchev–Trinajstić information content (AvgIpc) is 4.06. The molecule has 348 valence electrons. The van der Waals surface area contributed by atoms with Gasteiger partial charge in [-0.05, 0) is 37.0 Å². The molecule has 15 heteroatoms. The fraction of sp³-hybridized carbons (Fsp3) is 0.867. The van der Waals surface area contributed by atoms with Gasteiger partial charge in [0.15, 0.2) is 0 Å². The van der Waals surface area contributed by atoms with Gasteiger partial charge < -0.3 is 15.3 Å². The highest BCUT2D eigenvalue weighted by Crippen LogP contribution is 2.35. The Balaban J connectivity index is 0.000000450. The van der Waals surface area contributed by atoms with Gasteiger partial charge in [-0.3, -0.25) is 44.4 Å². The lowest BCUT2D eigenvalue weighted by Crippen LogP contribution is -2.29. The van der Waals surface area contributed by atoms with Crippen LogP contribution in [0.15, 0.2) is 0 Å². The molecule has 3 aliphatic rings. The fourth-order valence-corrected chi connectivity index (χ4v) is 6.83. The zero-order valence-electron chi connectivity index (χ0n) is 36.7. The van der Waals surface area contributed by atoms with Gasteiger partial charge in [0.25, 0.3) is 0 Å². The second-order valence-corrected chi connectivity index (χ2v) is 17.3. The predicted molar refractivity (Wildman–Crippen MR) is 226 cm³/mol. The molecule has 0 aromatic carbocycles. The van der Waals surface area contributed by atoms with Crippen LogP contribution in [0.4, 0.5) is 0 Å². The number of carbonyl (C=O) groups is 6. The van der Waals surface area contributed by atoms with Crippen LogP contribution in [0.5, 0.6) is 0 Å². The zero-order chi connectivity index (χ0) is 44.4. The molecule has 0 aromatic heterocycles. The first-order chi connectivity index (χ1) is 28.8. The summed E-state index contributed by atoms with van der Waals surface area (Å²) in [6, 6.07) is 0. The fourth-order valence-electron chi connectivity index (χ4n) is 6.83. The number of hydroxylamine groups is 6. The van der Waals surface area contributed by atoms with Crippen LogP contribution < -0.4 is 0 Å². The molecule has 0 saturated heterocycles. The monoisotopic (exact) mass is 856 g/mol. The molecule has 0 atom stereocenters. The van der Waals surface area contributed by atoms with E-state index in [1.54, 1.807) is 0 Å². The van der Waals surface area contributed by atoms with E-state index in [1.165, 1.54) is 116 Å². The van der Waals surface area contributed by atoms with E-state index < -0.39 is 17.9 Å². The lowest BCUT2D eigenvalue weighted by Gasteiger charge is -2.13. The van der Waals surface area contributed by atoms with Gasteiger partial charge in [0.2, 0.25) is 17.7 Å². The van der Waals surface area contributed by atoms with Crippen LogP contribution in [0, 0.1) is 17.8 Å². The molecule has 0 unspecified atom stereocenters. The topological polar surface area (TPSA) is 234 Å². The Labute approximate surface area is 359 Å². The quantitative estimate of drug-likeness (QED) is 0.0196. The summed E-state index contributed by atoms with van der Waals surface area (Å²) in [5.74, 6) is -1.09. The number of amides is 3. The Morgan fingerprint density at radius 3 is 0.717 bits per heavy atom. The first-order valence-corrected chi connectivity index (χ1v) is 23.4. The molecule has 60 heavy (non-hydrogen) atoms. The van der Waals surface area contributed by atoms with E-state index >= 15 is 0 Å². The van der Waals surface area contributed by atoms with Gasteiger partial charge in [0.05, 0.1) is 38.9 Å². The minimum absolute atomic E-state index is 0.130. The SMILES string of the molecule is O=C(O)CCN(O)C(=O)CCCCCCCCC1CC1.O=C(O)CCN(O)C(=O)CCCCCCCCC1CC1.O=C(O)CCN(O)C(=O)CCCCCCCCC1CC1. The van der Waals surface area contributed by atoms with E-state index in [0.717, 1.165) is 75.5 Å². The number of hydrogen-bond donors (Lipinski definition) is 6. The van der Waals surface area contributed by atoms with Crippen LogP contribution in [0.2, 0.25) is 0 Å². The van der Waals surface area contributed by atoms with E-state index in [-0.39, 0.29) is 56.6 Å². The third-order valence-electron chi connectivity index (χ3n) is 11.3. The normalized spacial score (nSPS) is 14.2. The molecule has 0 spiro atoms. The van der Waals surface area contributed by atoms with Crippen molar-refractivity contribution in [3.05, 3.63) is 0 Å². The summed E-state index contributed by atoms with van der Waals surface area (Å²) in [6.45, 7) is -0.389. The van der Waals surface area contributed by atoms with Gasteiger partial charge in [0.1, 0.15) is 0 Å². The Morgan fingerprint density at radius 1 is 0.317 bits per heavy atom. The first kappa shape index (κ1) is 54.7. The summed E-state index contributed by atoms with van der Waals surface area (Å²) in [5.41, 5.74) is 0. The average molecular weight is 856 g/mol. The number of rotatable bonds is 36. The molecule has 3 aliphatic carbocycles. The van der Waals surface area contributed by atoms with Crippen LogP contribution in [0.3, 0.4) is 0 Å². The summed E-state index contributed by atoms with van der Waals surface area (Å²) < 4.78 is 0. The Bertz CT molecular complexity index is 1050. The number of nitrogens with zero attached hydrogens (tertiary/aromatic N) is 3. The first-order valence-electron chi connectivity index (χ1n) is 23.4. The highest BCUT2D eigenvalue weighted by molar-refractivity contribution is 5.76. The molecular formula is C45H81N3O12. The molecule has 0 aliphatic heterocycles. The van der Waals surface area contributed by atoms with E-state index in [2.05, 4.69) is 0 Å². The number of hydrogen-bond acceptors (Lipinski definition) is 9. The minimum atomic E-state index is -1.01. The van der Waals surface area contributed by atoms with Gasteiger partial charge >= 0.3 is 17.9 Å². The van der Waals surface area contributed by atoms with Gasteiger partial charge in [0, 0.05) is 19.3 Å². The molecule has 6 N–H and O–H groups in total. The van der Waals surface area contributed by atoms with Crippen molar-refractivity contribution in [1.82, 2.24) is 15.2 Å². The standard InChI is InChI=1S/3C15H27NO4/c3*17-14(16(20)12-11-15(18)19)8-6-4-2-1-3-5-7-13-9-10-13/h3*13,20H,1-12H2,(H,18,19). The van der Waals surface area contributed by atoms with Crippen LogP contribution >= 0.6 is 0 Å². The molecule has 15 nitrogen and oxygen atoms in total. The summed E-state index contributed by atoms with van der Waals surface area (Å²) in [5, 5.41) is 54.9. The smallest absolute Gasteiger partial charge is 0.305 e. The minimum Gasteiger partial charge on any atom is -0.481 e. The van der Waals surface area contributed by atoms with Gasteiger partial charge in [-0.25, -0.2) is 15.2 Å². The van der Waals surface area contributed by atoms with Crippen LogP contribution in [0.25, 0.3) is 0 Å². The molecule has 0 aromatic rings. The molecule has 0 radical (unpaired) electrons. The molecule has 3 rings (SSSR count). The lowest BCUT2D eigenvalue weighted by atomic mass is 10.1.